The van der Waals surface area contributed by atoms with Gasteiger partial charge >= 0.3 is 23.9 Å². The van der Waals surface area contributed by atoms with Crippen molar-refractivity contribution in [2.24, 2.45) is 0 Å². The van der Waals surface area contributed by atoms with Crippen LogP contribution in [-0.4, -0.2) is 82.0 Å². The van der Waals surface area contributed by atoms with Gasteiger partial charge in [0.25, 0.3) is 0 Å². The van der Waals surface area contributed by atoms with Crippen molar-refractivity contribution in [1.29, 1.82) is 0 Å². The summed E-state index contributed by atoms with van der Waals surface area (Å²) in [5.41, 5.74) is 1.02. The van der Waals surface area contributed by atoms with Gasteiger partial charge in [-0.05, 0) is 37.0 Å². The van der Waals surface area contributed by atoms with Crippen LogP contribution in [0.15, 0.2) is 18.2 Å². The molecular weight excluding hydrogens is 504 g/mol. The summed E-state index contributed by atoms with van der Waals surface area (Å²) in [6.45, 7) is 4.60. The molecule has 1 saturated heterocycles. The molecule has 1 aromatic carbocycles. The zero-order valence-corrected chi connectivity index (χ0v) is 22.6. The average Bonchev–Trinajstić information content (AvgIpc) is 2.84. The Morgan fingerprint density at radius 1 is 0.737 bits per heavy atom. The molecule has 1 aliphatic rings. The van der Waals surface area contributed by atoms with Crippen LogP contribution < -0.4 is 9.47 Å². The normalized spacial score (nSPS) is 22.6. The van der Waals surface area contributed by atoms with E-state index in [1.165, 1.54) is 13.8 Å². The second-order valence-electron chi connectivity index (χ2n) is 8.62. The first kappa shape index (κ1) is 30.8. The van der Waals surface area contributed by atoms with Gasteiger partial charge in [-0.2, -0.15) is 0 Å². The van der Waals surface area contributed by atoms with Crippen molar-refractivity contribution in [3.05, 3.63) is 23.8 Å². The van der Waals surface area contributed by atoms with Gasteiger partial charge < -0.3 is 37.9 Å². The Balaban J connectivity index is 2.14. The van der Waals surface area contributed by atoms with E-state index in [0.717, 1.165) is 32.3 Å². The highest BCUT2D eigenvalue weighted by molar-refractivity contribution is 5.68. The van der Waals surface area contributed by atoms with Crippen LogP contribution in [0.2, 0.25) is 0 Å². The lowest BCUT2D eigenvalue weighted by Gasteiger charge is -2.44. The van der Waals surface area contributed by atoms with Crippen molar-refractivity contribution in [2.45, 2.75) is 77.7 Å². The summed E-state index contributed by atoms with van der Waals surface area (Å²) in [5.74, 6) is -1.30. The zero-order valence-electron chi connectivity index (χ0n) is 22.6. The van der Waals surface area contributed by atoms with Crippen LogP contribution in [0.3, 0.4) is 0 Å². The maximum Gasteiger partial charge on any atom is 0.303 e. The lowest BCUT2D eigenvalue weighted by molar-refractivity contribution is -0.308. The second kappa shape index (κ2) is 15.1. The Kier molecular flexibility index (Phi) is 12.3. The Morgan fingerprint density at radius 2 is 1.29 bits per heavy atom. The number of unbranched alkanes of at least 4 members (excludes halogenated alkanes) is 1. The number of carbonyl (C=O) groups is 4. The SMILES string of the molecule is COc1cc(CCCCO[C@@H]2O[C@H](COC(C)=O)[C@@H](OC(C)=O)[C@H](OC(C)=O)[C@H]2OC(C)=O)cc(OC)c1. The van der Waals surface area contributed by atoms with Crippen LogP contribution in [0.1, 0.15) is 46.1 Å². The number of hydrogen-bond donors (Lipinski definition) is 0. The lowest BCUT2D eigenvalue weighted by Crippen LogP contribution is -2.63. The number of methoxy groups -OCH3 is 2. The number of ether oxygens (including phenoxy) is 8. The van der Waals surface area contributed by atoms with E-state index in [4.69, 9.17) is 37.9 Å². The molecule has 0 bridgehead atoms. The number of esters is 4. The van der Waals surface area contributed by atoms with Crippen molar-refractivity contribution in [1.82, 2.24) is 0 Å². The summed E-state index contributed by atoms with van der Waals surface area (Å²) in [6.07, 6.45) is -3.90. The maximum absolute atomic E-state index is 11.9. The fraction of sp³-hybridized carbons (Fsp3) is 0.615. The molecule has 12 nitrogen and oxygen atoms in total. The van der Waals surface area contributed by atoms with Crippen molar-refractivity contribution in [3.8, 4) is 11.5 Å². The molecule has 0 amide bonds. The van der Waals surface area contributed by atoms with Crippen LogP contribution in [0.4, 0.5) is 0 Å². The Labute approximate surface area is 221 Å². The standard InChI is InChI=1S/C26H36O12/c1-15(27)34-14-22-23(35-16(2)28)24(36-17(3)29)25(37-18(4)30)26(38-22)33-10-8-7-9-19-11-20(31-5)13-21(12-19)32-6/h11-13,22-26H,7-10,14H2,1-6H3/t22-,23-,24+,25-,26-/m1/s1. The zero-order chi connectivity index (χ0) is 28.2. The van der Waals surface area contributed by atoms with E-state index >= 15 is 0 Å². The van der Waals surface area contributed by atoms with Crippen LogP contribution >= 0.6 is 0 Å². The molecule has 12 heteroatoms. The summed E-state index contributed by atoms with van der Waals surface area (Å²) < 4.78 is 43.6. The van der Waals surface area contributed by atoms with Gasteiger partial charge in [0.15, 0.2) is 24.6 Å². The molecule has 38 heavy (non-hydrogen) atoms. The fourth-order valence-corrected chi connectivity index (χ4v) is 3.96. The molecule has 5 atom stereocenters. The minimum atomic E-state index is -1.26. The molecule has 1 heterocycles. The van der Waals surface area contributed by atoms with Gasteiger partial charge in [0, 0.05) is 40.4 Å². The third-order valence-corrected chi connectivity index (χ3v) is 5.50. The fourth-order valence-electron chi connectivity index (χ4n) is 3.96. The quantitative estimate of drug-likeness (QED) is 0.205. The van der Waals surface area contributed by atoms with E-state index in [9.17, 15) is 19.2 Å². The molecule has 0 unspecified atom stereocenters. The average molecular weight is 541 g/mol. The van der Waals surface area contributed by atoms with Crippen molar-refractivity contribution >= 4 is 23.9 Å². The summed E-state index contributed by atoms with van der Waals surface area (Å²) >= 11 is 0. The van der Waals surface area contributed by atoms with Gasteiger partial charge in [-0.1, -0.05) is 0 Å². The molecule has 0 N–H and O–H groups in total. The Bertz CT molecular complexity index is 939. The van der Waals surface area contributed by atoms with Gasteiger partial charge in [0.1, 0.15) is 24.2 Å². The molecule has 0 saturated carbocycles. The first-order chi connectivity index (χ1) is 18.0. The van der Waals surface area contributed by atoms with Gasteiger partial charge in [-0.25, -0.2) is 0 Å². The van der Waals surface area contributed by atoms with Gasteiger partial charge in [-0.15, -0.1) is 0 Å². The molecule has 1 aromatic rings. The van der Waals surface area contributed by atoms with E-state index in [2.05, 4.69) is 0 Å². The molecule has 0 aromatic heterocycles. The Hall–Kier alpha value is -3.38. The number of hydrogen-bond acceptors (Lipinski definition) is 12. The molecular formula is C26H36O12. The third kappa shape index (κ3) is 9.82. The first-order valence-electron chi connectivity index (χ1n) is 12.2. The largest absolute Gasteiger partial charge is 0.497 e. The van der Waals surface area contributed by atoms with Crippen LogP contribution in [0.5, 0.6) is 11.5 Å². The predicted molar refractivity (Wildman–Crippen MR) is 130 cm³/mol. The smallest absolute Gasteiger partial charge is 0.303 e. The van der Waals surface area contributed by atoms with Crippen molar-refractivity contribution in [2.75, 3.05) is 27.4 Å². The summed E-state index contributed by atoms with van der Waals surface area (Å²) in [5, 5.41) is 0. The molecule has 0 spiro atoms. The third-order valence-electron chi connectivity index (χ3n) is 5.50. The molecule has 2 rings (SSSR count). The van der Waals surface area contributed by atoms with Gasteiger partial charge in [0.2, 0.25) is 0 Å². The lowest BCUT2D eigenvalue weighted by atomic mass is 9.98. The molecule has 212 valence electrons. The number of aryl methyl sites for hydroxylation is 1. The topological polar surface area (TPSA) is 142 Å². The minimum Gasteiger partial charge on any atom is -0.497 e. The number of rotatable bonds is 13. The van der Waals surface area contributed by atoms with E-state index in [-0.39, 0.29) is 13.2 Å². The van der Waals surface area contributed by atoms with Crippen LogP contribution in [-0.2, 0) is 54.0 Å². The molecule has 0 radical (unpaired) electrons. The van der Waals surface area contributed by atoms with Gasteiger partial charge in [-0.3, -0.25) is 19.2 Å². The van der Waals surface area contributed by atoms with E-state index < -0.39 is 54.6 Å². The monoisotopic (exact) mass is 540 g/mol. The van der Waals surface area contributed by atoms with Gasteiger partial charge in [0.05, 0.1) is 14.2 Å². The van der Waals surface area contributed by atoms with E-state index in [1.807, 2.05) is 12.1 Å². The summed E-state index contributed by atoms with van der Waals surface area (Å²) in [7, 11) is 3.17. The predicted octanol–water partition coefficient (Wildman–Crippen LogP) is 2.13. The molecule has 1 fully saturated rings. The first-order valence-corrected chi connectivity index (χ1v) is 12.2. The van der Waals surface area contributed by atoms with Crippen molar-refractivity contribution in [3.63, 3.8) is 0 Å². The van der Waals surface area contributed by atoms with Crippen molar-refractivity contribution < 1.29 is 57.1 Å². The van der Waals surface area contributed by atoms with Crippen LogP contribution in [0.25, 0.3) is 0 Å². The Morgan fingerprint density at radius 3 is 1.82 bits per heavy atom. The summed E-state index contributed by atoms with van der Waals surface area (Å²) in [6, 6.07) is 5.63. The minimum absolute atomic E-state index is 0.203. The van der Waals surface area contributed by atoms with E-state index in [0.29, 0.717) is 17.9 Å². The molecule has 1 aliphatic heterocycles. The summed E-state index contributed by atoms with van der Waals surface area (Å²) in [4.78, 5) is 47.0. The highest BCUT2D eigenvalue weighted by atomic mass is 16.7. The number of benzene rings is 1. The highest BCUT2D eigenvalue weighted by Gasteiger charge is 2.52. The van der Waals surface area contributed by atoms with E-state index in [1.54, 1.807) is 20.3 Å². The second-order valence-corrected chi connectivity index (χ2v) is 8.62. The number of carbonyl (C=O) groups excluding carboxylic acids is 4. The molecule has 0 aliphatic carbocycles. The maximum atomic E-state index is 11.9. The highest BCUT2D eigenvalue weighted by Crippen LogP contribution is 2.30. The van der Waals surface area contributed by atoms with Crippen LogP contribution in [0, 0.1) is 0 Å².